The van der Waals surface area contributed by atoms with Gasteiger partial charge in [0.2, 0.25) is 0 Å². The maximum Gasteiger partial charge on any atom is 0.326 e. The number of carbonyl (C=O) groups is 2. The number of ether oxygens (including phenoxy) is 1. The second-order valence-corrected chi connectivity index (χ2v) is 7.20. The number of methoxy groups -OCH3 is 1. The highest BCUT2D eigenvalue weighted by molar-refractivity contribution is 6.30. The molecule has 3 aromatic rings. The van der Waals surface area contributed by atoms with E-state index in [9.17, 15) is 9.59 Å². The van der Waals surface area contributed by atoms with E-state index in [0.717, 1.165) is 5.69 Å². The third-order valence-electron chi connectivity index (χ3n) is 4.60. The zero-order chi connectivity index (χ0) is 22.1. The van der Waals surface area contributed by atoms with E-state index in [1.165, 1.54) is 0 Å². The van der Waals surface area contributed by atoms with Crippen molar-refractivity contribution in [2.45, 2.75) is 6.42 Å². The van der Waals surface area contributed by atoms with Crippen LogP contribution >= 0.6 is 11.6 Å². The summed E-state index contributed by atoms with van der Waals surface area (Å²) in [5.74, 6) is 0.529. The first-order chi connectivity index (χ1) is 15.1. The van der Waals surface area contributed by atoms with Crippen LogP contribution in [-0.2, 0) is 0 Å². The van der Waals surface area contributed by atoms with Crippen LogP contribution in [0.25, 0.3) is 0 Å². The second kappa shape index (κ2) is 11.0. The van der Waals surface area contributed by atoms with Gasteiger partial charge in [0.25, 0.3) is 5.91 Å². The largest absolute Gasteiger partial charge is 0.497 e. The number of benzene rings is 3. The predicted molar refractivity (Wildman–Crippen MR) is 124 cm³/mol. The smallest absolute Gasteiger partial charge is 0.326 e. The molecule has 0 heterocycles. The summed E-state index contributed by atoms with van der Waals surface area (Å²) in [6.45, 7) is 0.870. The molecule has 0 saturated heterocycles. The van der Waals surface area contributed by atoms with Gasteiger partial charge < -0.3 is 15.4 Å². The van der Waals surface area contributed by atoms with Crippen LogP contribution in [-0.4, -0.2) is 32.1 Å². The fourth-order valence-corrected chi connectivity index (χ4v) is 3.09. The lowest BCUT2D eigenvalue weighted by Gasteiger charge is -2.23. The average molecular weight is 438 g/mol. The standard InChI is InChI=1S/C24H24ClN3O3/c1-31-22-14-8-18(9-15-22)23(29)26-16-5-17-28(21-6-3-2-4-7-21)24(30)27-20-12-10-19(25)11-13-20/h2-4,6-15H,5,16-17H2,1H3,(H,26,29)(H,27,30). The number of halogens is 1. The van der Waals surface area contributed by atoms with Crippen LogP contribution in [0, 0.1) is 0 Å². The lowest BCUT2D eigenvalue weighted by molar-refractivity contribution is 0.0953. The first-order valence-electron chi connectivity index (χ1n) is 9.88. The Balaban J connectivity index is 1.57. The Labute approximate surface area is 186 Å². The minimum atomic E-state index is -0.255. The van der Waals surface area contributed by atoms with Crippen LogP contribution in [0.4, 0.5) is 16.2 Å². The van der Waals surface area contributed by atoms with Crippen LogP contribution in [0.1, 0.15) is 16.8 Å². The molecule has 0 fully saturated rings. The number of para-hydroxylation sites is 1. The van der Waals surface area contributed by atoms with E-state index < -0.39 is 0 Å². The number of hydrogen-bond donors (Lipinski definition) is 2. The van der Waals surface area contributed by atoms with Gasteiger partial charge in [-0.2, -0.15) is 0 Å². The molecular formula is C24H24ClN3O3. The Hall–Kier alpha value is -3.51. The minimum Gasteiger partial charge on any atom is -0.497 e. The van der Waals surface area contributed by atoms with E-state index in [1.807, 2.05) is 30.3 Å². The Morgan fingerprint density at radius 1 is 0.935 bits per heavy atom. The van der Waals surface area contributed by atoms with Crippen molar-refractivity contribution in [1.82, 2.24) is 5.32 Å². The molecule has 0 radical (unpaired) electrons. The maximum atomic E-state index is 12.9. The van der Waals surface area contributed by atoms with Crippen molar-refractivity contribution >= 4 is 34.9 Å². The summed E-state index contributed by atoms with van der Waals surface area (Å²) in [5, 5.41) is 6.37. The molecule has 0 spiro atoms. The van der Waals surface area contributed by atoms with Crippen molar-refractivity contribution in [2.75, 3.05) is 30.4 Å². The van der Waals surface area contributed by atoms with Crippen molar-refractivity contribution in [2.24, 2.45) is 0 Å². The summed E-state index contributed by atoms with van der Waals surface area (Å²) in [7, 11) is 1.58. The molecule has 0 saturated carbocycles. The molecule has 0 aromatic heterocycles. The van der Waals surface area contributed by atoms with Gasteiger partial charge in [-0.3, -0.25) is 9.69 Å². The second-order valence-electron chi connectivity index (χ2n) is 6.76. The summed E-state index contributed by atoms with van der Waals surface area (Å²) in [6.07, 6.45) is 0.588. The Morgan fingerprint density at radius 3 is 2.26 bits per heavy atom. The highest BCUT2D eigenvalue weighted by Crippen LogP contribution is 2.18. The molecule has 7 heteroatoms. The number of rotatable bonds is 8. The van der Waals surface area contributed by atoms with Crippen LogP contribution in [0.5, 0.6) is 5.75 Å². The molecule has 0 aliphatic carbocycles. The van der Waals surface area contributed by atoms with Gasteiger partial charge in [-0.15, -0.1) is 0 Å². The topological polar surface area (TPSA) is 70.7 Å². The molecule has 0 bridgehead atoms. The highest BCUT2D eigenvalue weighted by Gasteiger charge is 2.16. The van der Waals surface area contributed by atoms with Gasteiger partial charge in [-0.05, 0) is 67.1 Å². The fraction of sp³-hybridized carbons (Fsp3) is 0.167. The van der Waals surface area contributed by atoms with Crippen LogP contribution in [0.3, 0.4) is 0 Å². The first-order valence-corrected chi connectivity index (χ1v) is 10.3. The lowest BCUT2D eigenvalue weighted by Crippen LogP contribution is -2.37. The Morgan fingerprint density at radius 2 is 1.61 bits per heavy atom. The molecule has 31 heavy (non-hydrogen) atoms. The van der Waals surface area contributed by atoms with Crippen molar-refractivity contribution in [1.29, 1.82) is 0 Å². The zero-order valence-corrected chi connectivity index (χ0v) is 17.9. The van der Waals surface area contributed by atoms with E-state index in [2.05, 4.69) is 10.6 Å². The SMILES string of the molecule is COc1ccc(C(=O)NCCCN(C(=O)Nc2ccc(Cl)cc2)c2ccccc2)cc1. The molecule has 3 aromatic carbocycles. The quantitative estimate of drug-likeness (QED) is 0.475. The first kappa shape index (κ1) is 22.2. The lowest BCUT2D eigenvalue weighted by atomic mass is 10.2. The minimum absolute atomic E-state index is 0.167. The molecule has 3 rings (SSSR count). The van der Waals surface area contributed by atoms with Crippen LogP contribution in [0.15, 0.2) is 78.9 Å². The van der Waals surface area contributed by atoms with Crippen molar-refractivity contribution in [3.05, 3.63) is 89.4 Å². The van der Waals surface area contributed by atoms with Gasteiger partial charge in [0, 0.05) is 35.1 Å². The summed E-state index contributed by atoms with van der Waals surface area (Å²) >= 11 is 5.91. The van der Waals surface area contributed by atoms with E-state index in [1.54, 1.807) is 60.5 Å². The van der Waals surface area contributed by atoms with E-state index in [0.29, 0.717) is 41.5 Å². The number of nitrogens with zero attached hydrogens (tertiary/aromatic N) is 1. The highest BCUT2D eigenvalue weighted by atomic mass is 35.5. The monoisotopic (exact) mass is 437 g/mol. The summed E-state index contributed by atoms with van der Waals surface area (Å²) < 4.78 is 5.11. The Kier molecular flexibility index (Phi) is 7.90. The van der Waals surface area contributed by atoms with Gasteiger partial charge in [-0.1, -0.05) is 29.8 Å². The molecule has 0 unspecified atom stereocenters. The third kappa shape index (κ3) is 6.49. The summed E-state index contributed by atoms with van der Waals surface area (Å²) in [5.41, 5.74) is 1.99. The molecule has 0 aliphatic rings. The van der Waals surface area contributed by atoms with E-state index >= 15 is 0 Å². The molecule has 160 valence electrons. The summed E-state index contributed by atoms with van der Waals surface area (Å²) in [4.78, 5) is 26.8. The normalized spacial score (nSPS) is 10.3. The van der Waals surface area contributed by atoms with E-state index in [4.69, 9.17) is 16.3 Å². The predicted octanol–water partition coefficient (Wildman–Crippen LogP) is 5.21. The van der Waals surface area contributed by atoms with Gasteiger partial charge in [0.1, 0.15) is 5.75 Å². The molecule has 3 amide bonds. The third-order valence-corrected chi connectivity index (χ3v) is 4.86. The number of urea groups is 1. The van der Waals surface area contributed by atoms with Crippen molar-refractivity contribution < 1.29 is 14.3 Å². The maximum absolute atomic E-state index is 12.9. The zero-order valence-electron chi connectivity index (χ0n) is 17.2. The van der Waals surface area contributed by atoms with Crippen molar-refractivity contribution in [3.8, 4) is 5.75 Å². The average Bonchev–Trinajstić information content (AvgIpc) is 2.81. The number of anilines is 2. The molecule has 0 aliphatic heterocycles. The van der Waals surface area contributed by atoms with Crippen molar-refractivity contribution in [3.63, 3.8) is 0 Å². The van der Waals surface area contributed by atoms with Crippen LogP contribution in [0.2, 0.25) is 5.02 Å². The van der Waals surface area contributed by atoms with Gasteiger partial charge >= 0.3 is 6.03 Å². The fourth-order valence-electron chi connectivity index (χ4n) is 2.96. The molecule has 2 N–H and O–H groups in total. The Bertz CT molecular complexity index is 993. The van der Waals surface area contributed by atoms with Crippen LogP contribution < -0.4 is 20.3 Å². The molecule has 0 atom stereocenters. The summed E-state index contributed by atoms with van der Waals surface area (Å²) in [6, 6.07) is 23.0. The van der Waals surface area contributed by atoms with Gasteiger partial charge in [-0.25, -0.2) is 4.79 Å². The van der Waals surface area contributed by atoms with E-state index in [-0.39, 0.29) is 11.9 Å². The number of nitrogens with one attached hydrogen (secondary N) is 2. The molecule has 6 nitrogen and oxygen atoms in total. The number of hydrogen-bond acceptors (Lipinski definition) is 3. The number of carbonyl (C=O) groups excluding carboxylic acids is 2. The van der Waals surface area contributed by atoms with Gasteiger partial charge in [0.15, 0.2) is 0 Å². The molecular weight excluding hydrogens is 414 g/mol. The van der Waals surface area contributed by atoms with Gasteiger partial charge in [0.05, 0.1) is 7.11 Å². The number of amides is 3.